The number of carbonyl (C=O) groups is 3. The van der Waals surface area contributed by atoms with Crippen LogP contribution >= 0.6 is 0 Å². The Kier molecular flexibility index (Phi) is 8.61. The van der Waals surface area contributed by atoms with E-state index < -0.39 is 23.4 Å². The van der Waals surface area contributed by atoms with Gasteiger partial charge in [-0.15, -0.1) is 0 Å². The van der Waals surface area contributed by atoms with E-state index in [9.17, 15) is 14.4 Å². The Morgan fingerprint density at radius 3 is 2.11 bits per heavy atom. The highest BCUT2D eigenvalue weighted by Crippen LogP contribution is 2.25. The van der Waals surface area contributed by atoms with Gasteiger partial charge in [0.15, 0.2) is 0 Å². The highest BCUT2D eigenvalue weighted by molar-refractivity contribution is 5.99. The summed E-state index contributed by atoms with van der Waals surface area (Å²) >= 11 is 0. The van der Waals surface area contributed by atoms with Crippen LogP contribution in [0.1, 0.15) is 59.9 Å². The molecule has 0 fully saturated rings. The fourth-order valence-corrected chi connectivity index (χ4v) is 2.90. The largest absolute Gasteiger partial charge is 0.459 e. The summed E-state index contributed by atoms with van der Waals surface area (Å²) in [6, 6.07) is 9.60. The molecular formula is C23H32O4. The lowest BCUT2D eigenvalue weighted by Crippen LogP contribution is -2.36. The molecule has 1 rings (SSSR count). The van der Waals surface area contributed by atoms with Crippen LogP contribution in [0.15, 0.2) is 36.4 Å². The van der Waals surface area contributed by atoms with Gasteiger partial charge in [0.05, 0.1) is 0 Å². The molecule has 0 bridgehead atoms. The molecule has 0 saturated heterocycles. The average Bonchev–Trinajstić information content (AvgIpc) is 2.50. The normalized spacial score (nSPS) is 14.2. The van der Waals surface area contributed by atoms with E-state index in [1.807, 2.05) is 50.3 Å². The van der Waals surface area contributed by atoms with Gasteiger partial charge in [0.1, 0.15) is 23.1 Å². The minimum absolute atomic E-state index is 0.0440. The van der Waals surface area contributed by atoms with Crippen LogP contribution in [0.5, 0.6) is 0 Å². The van der Waals surface area contributed by atoms with Crippen molar-refractivity contribution in [1.82, 2.24) is 0 Å². The van der Waals surface area contributed by atoms with Crippen LogP contribution < -0.4 is 0 Å². The van der Waals surface area contributed by atoms with Gasteiger partial charge in [-0.3, -0.25) is 14.4 Å². The SMILES string of the molecule is CC(=O)C(C(=O)OC(C)(C)C)C(/C=C/c1ccccc1)CC(=O)CC(C)C. The van der Waals surface area contributed by atoms with Gasteiger partial charge in [0.25, 0.3) is 0 Å². The van der Waals surface area contributed by atoms with Gasteiger partial charge >= 0.3 is 5.97 Å². The first-order valence-corrected chi connectivity index (χ1v) is 9.48. The zero-order valence-electron chi connectivity index (χ0n) is 17.3. The third-order valence-electron chi connectivity index (χ3n) is 3.96. The van der Waals surface area contributed by atoms with Crippen LogP contribution in [-0.4, -0.2) is 23.1 Å². The Balaban J connectivity index is 3.14. The lowest BCUT2D eigenvalue weighted by molar-refractivity contribution is -0.163. The summed E-state index contributed by atoms with van der Waals surface area (Å²) in [6.07, 6.45) is 4.22. The first kappa shape index (κ1) is 22.8. The van der Waals surface area contributed by atoms with Gasteiger partial charge < -0.3 is 4.74 Å². The molecule has 0 saturated carbocycles. The third kappa shape index (κ3) is 8.80. The van der Waals surface area contributed by atoms with Gasteiger partial charge in [-0.1, -0.05) is 56.3 Å². The van der Waals surface area contributed by atoms with Crippen LogP contribution in [0.25, 0.3) is 6.08 Å². The molecule has 0 N–H and O–H groups in total. The van der Waals surface area contributed by atoms with Crippen molar-refractivity contribution in [2.24, 2.45) is 17.8 Å². The zero-order valence-corrected chi connectivity index (χ0v) is 17.3. The second-order valence-electron chi connectivity index (χ2n) is 8.40. The van der Waals surface area contributed by atoms with E-state index in [0.717, 1.165) is 5.56 Å². The Bertz CT molecular complexity index is 665. The molecule has 1 aromatic carbocycles. The predicted molar refractivity (Wildman–Crippen MR) is 108 cm³/mol. The third-order valence-corrected chi connectivity index (χ3v) is 3.96. The number of esters is 1. The molecule has 148 valence electrons. The number of rotatable bonds is 9. The Morgan fingerprint density at radius 2 is 1.63 bits per heavy atom. The quantitative estimate of drug-likeness (QED) is 0.458. The number of hydrogen-bond donors (Lipinski definition) is 0. The molecule has 0 aliphatic carbocycles. The van der Waals surface area contributed by atoms with Crippen LogP contribution in [0.4, 0.5) is 0 Å². The van der Waals surface area contributed by atoms with Crippen molar-refractivity contribution in [1.29, 1.82) is 0 Å². The molecule has 0 heterocycles. The maximum absolute atomic E-state index is 12.7. The summed E-state index contributed by atoms with van der Waals surface area (Å²) in [5.74, 6) is -2.10. The fourth-order valence-electron chi connectivity index (χ4n) is 2.90. The van der Waals surface area contributed by atoms with E-state index in [2.05, 4.69) is 0 Å². The highest BCUT2D eigenvalue weighted by atomic mass is 16.6. The molecule has 2 unspecified atom stereocenters. The molecule has 4 nitrogen and oxygen atoms in total. The zero-order chi connectivity index (χ0) is 20.6. The van der Waals surface area contributed by atoms with Crippen molar-refractivity contribution < 1.29 is 19.1 Å². The molecule has 0 aliphatic rings. The van der Waals surface area contributed by atoms with Crippen molar-refractivity contribution in [2.45, 2.75) is 60.0 Å². The van der Waals surface area contributed by atoms with Crippen molar-refractivity contribution in [3.05, 3.63) is 42.0 Å². The van der Waals surface area contributed by atoms with E-state index in [-0.39, 0.29) is 23.9 Å². The highest BCUT2D eigenvalue weighted by Gasteiger charge is 2.35. The smallest absolute Gasteiger partial charge is 0.317 e. The van der Waals surface area contributed by atoms with E-state index in [1.54, 1.807) is 26.8 Å². The molecule has 0 amide bonds. The Labute approximate surface area is 163 Å². The fraction of sp³-hybridized carbons (Fsp3) is 0.522. The minimum atomic E-state index is -0.986. The lowest BCUT2D eigenvalue weighted by atomic mass is 9.83. The number of ketones is 2. The molecule has 2 atom stereocenters. The van der Waals surface area contributed by atoms with E-state index in [1.165, 1.54) is 6.92 Å². The second kappa shape index (κ2) is 10.2. The first-order valence-electron chi connectivity index (χ1n) is 9.48. The topological polar surface area (TPSA) is 60.4 Å². The van der Waals surface area contributed by atoms with Gasteiger partial charge in [0, 0.05) is 18.8 Å². The molecule has 0 radical (unpaired) electrons. The Morgan fingerprint density at radius 1 is 1.04 bits per heavy atom. The molecule has 1 aromatic rings. The number of benzene rings is 1. The lowest BCUT2D eigenvalue weighted by Gasteiger charge is -2.26. The van der Waals surface area contributed by atoms with Crippen LogP contribution in [-0.2, 0) is 19.1 Å². The van der Waals surface area contributed by atoms with Crippen LogP contribution in [0, 0.1) is 17.8 Å². The van der Waals surface area contributed by atoms with E-state index in [4.69, 9.17) is 4.74 Å². The summed E-state index contributed by atoms with van der Waals surface area (Å²) < 4.78 is 5.45. The van der Waals surface area contributed by atoms with Crippen LogP contribution in [0.3, 0.4) is 0 Å². The summed E-state index contributed by atoms with van der Waals surface area (Å²) in [7, 11) is 0. The Hall–Kier alpha value is -2.23. The molecular weight excluding hydrogens is 340 g/mol. The monoisotopic (exact) mass is 372 g/mol. The summed E-state index contributed by atoms with van der Waals surface area (Å²) in [4.78, 5) is 37.4. The van der Waals surface area contributed by atoms with Crippen molar-refractivity contribution in [3.8, 4) is 0 Å². The molecule has 27 heavy (non-hydrogen) atoms. The van der Waals surface area contributed by atoms with Gasteiger partial charge in [-0.2, -0.15) is 0 Å². The maximum Gasteiger partial charge on any atom is 0.317 e. The minimum Gasteiger partial charge on any atom is -0.459 e. The second-order valence-corrected chi connectivity index (χ2v) is 8.40. The van der Waals surface area contributed by atoms with Crippen molar-refractivity contribution in [2.75, 3.05) is 0 Å². The van der Waals surface area contributed by atoms with Crippen molar-refractivity contribution >= 4 is 23.6 Å². The summed E-state index contributed by atoms with van der Waals surface area (Å²) in [6.45, 7) is 10.6. The van der Waals surface area contributed by atoms with Gasteiger partial charge in [0.2, 0.25) is 0 Å². The average molecular weight is 373 g/mol. The molecule has 0 aliphatic heterocycles. The first-order chi connectivity index (χ1) is 12.5. The van der Waals surface area contributed by atoms with Crippen molar-refractivity contribution in [3.63, 3.8) is 0 Å². The number of allylic oxidation sites excluding steroid dienone is 1. The number of carbonyl (C=O) groups excluding carboxylic acids is 3. The van der Waals surface area contributed by atoms with Gasteiger partial charge in [-0.05, 0) is 39.2 Å². The maximum atomic E-state index is 12.7. The number of Topliss-reactive ketones (excluding diaryl/α,β-unsaturated/α-hetero) is 2. The standard InChI is InChI=1S/C23H32O4/c1-16(2)14-20(25)15-19(13-12-18-10-8-7-9-11-18)21(17(3)24)22(26)27-23(4,5)6/h7-13,16,19,21H,14-15H2,1-6H3/b13-12+. The van der Waals surface area contributed by atoms with E-state index in [0.29, 0.717) is 6.42 Å². The van der Waals surface area contributed by atoms with E-state index >= 15 is 0 Å². The van der Waals surface area contributed by atoms with Gasteiger partial charge in [-0.25, -0.2) is 0 Å². The predicted octanol–water partition coefficient (Wildman–Crippen LogP) is 4.87. The summed E-state index contributed by atoms with van der Waals surface area (Å²) in [5.41, 5.74) is 0.255. The van der Waals surface area contributed by atoms with Crippen LogP contribution in [0.2, 0.25) is 0 Å². The molecule has 0 aromatic heterocycles. The molecule has 4 heteroatoms. The number of hydrogen-bond acceptors (Lipinski definition) is 4. The summed E-state index contributed by atoms with van der Waals surface area (Å²) in [5, 5.41) is 0. The number of ether oxygens (including phenoxy) is 1. The molecule has 0 spiro atoms.